The largest absolute Gasteiger partial charge is 0.358 e. The van der Waals surface area contributed by atoms with Gasteiger partial charge in [0.25, 0.3) is 5.91 Å². The second kappa shape index (κ2) is 8.99. The van der Waals surface area contributed by atoms with Gasteiger partial charge >= 0.3 is 0 Å². The second-order valence-electron chi connectivity index (χ2n) is 7.93. The lowest BCUT2D eigenvalue weighted by Crippen LogP contribution is -2.42. The fourth-order valence-corrected chi connectivity index (χ4v) is 4.56. The van der Waals surface area contributed by atoms with E-state index in [-0.39, 0.29) is 29.5 Å². The summed E-state index contributed by atoms with van der Waals surface area (Å²) in [5.74, 6) is 0.551. The number of carbonyl (C=O) groups is 2. The zero-order chi connectivity index (χ0) is 20.2. The highest BCUT2D eigenvalue weighted by molar-refractivity contribution is 6.33. The van der Waals surface area contributed by atoms with E-state index in [9.17, 15) is 9.59 Å². The van der Waals surface area contributed by atoms with Crippen molar-refractivity contribution < 1.29 is 14.1 Å². The van der Waals surface area contributed by atoms with Crippen LogP contribution in [0.4, 0.5) is 5.69 Å². The number of anilines is 1. The van der Waals surface area contributed by atoms with Crippen LogP contribution in [-0.4, -0.2) is 28.4 Å². The molecule has 4 rings (SSSR count). The third-order valence-electron chi connectivity index (χ3n) is 5.95. The summed E-state index contributed by atoms with van der Waals surface area (Å²) in [6.45, 7) is 0.738. The van der Waals surface area contributed by atoms with Crippen molar-refractivity contribution in [1.82, 2.24) is 10.1 Å². The Balaban J connectivity index is 1.48. The molecule has 1 aromatic heterocycles. The number of piperidine rings is 1. The maximum atomic E-state index is 13.1. The molecule has 0 spiro atoms. The second-order valence-corrected chi connectivity index (χ2v) is 8.33. The number of halogens is 1. The van der Waals surface area contributed by atoms with Gasteiger partial charge in [-0.2, -0.15) is 0 Å². The quantitative estimate of drug-likeness (QED) is 0.743. The van der Waals surface area contributed by atoms with Gasteiger partial charge in [0.2, 0.25) is 5.91 Å². The smallest absolute Gasteiger partial charge is 0.277 e. The topological polar surface area (TPSA) is 75.4 Å². The molecule has 2 aliphatic rings. The van der Waals surface area contributed by atoms with Crippen LogP contribution in [0.15, 0.2) is 34.9 Å². The van der Waals surface area contributed by atoms with Crippen LogP contribution >= 0.6 is 11.6 Å². The number of likely N-dealkylation sites (tertiary alicyclic amines) is 1. The molecule has 29 heavy (non-hydrogen) atoms. The van der Waals surface area contributed by atoms with Gasteiger partial charge in [0.15, 0.2) is 11.5 Å². The molecule has 1 atom stereocenters. The van der Waals surface area contributed by atoms with E-state index >= 15 is 0 Å². The molecule has 1 aliphatic carbocycles. The number of carbonyl (C=O) groups excluding carboxylic acids is 2. The summed E-state index contributed by atoms with van der Waals surface area (Å²) in [7, 11) is 0. The van der Waals surface area contributed by atoms with Crippen molar-refractivity contribution in [3.05, 3.63) is 46.8 Å². The number of nitrogens with zero attached hydrogens (tertiary/aromatic N) is 2. The van der Waals surface area contributed by atoms with Gasteiger partial charge in [0, 0.05) is 18.5 Å². The zero-order valence-corrected chi connectivity index (χ0v) is 17.2. The molecule has 1 N–H and O–H groups in total. The first kappa shape index (κ1) is 20.0. The van der Waals surface area contributed by atoms with Gasteiger partial charge in [-0.05, 0) is 44.2 Å². The lowest BCUT2D eigenvalue weighted by Gasteiger charge is -2.37. The molecule has 2 fully saturated rings. The predicted octanol–water partition coefficient (Wildman–Crippen LogP) is 5.21. The summed E-state index contributed by atoms with van der Waals surface area (Å²) in [4.78, 5) is 27.6. The minimum Gasteiger partial charge on any atom is -0.358 e. The van der Waals surface area contributed by atoms with E-state index in [1.54, 1.807) is 30.3 Å². The average Bonchev–Trinajstić information content (AvgIpc) is 3.26. The van der Waals surface area contributed by atoms with Crippen LogP contribution in [0.25, 0.3) is 0 Å². The van der Waals surface area contributed by atoms with Crippen LogP contribution < -0.4 is 5.32 Å². The van der Waals surface area contributed by atoms with Crippen LogP contribution in [0.5, 0.6) is 0 Å². The van der Waals surface area contributed by atoms with Crippen LogP contribution in [0.1, 0.15) is 73.7 Å². The number of hydrogen-bond acceptors (Lipinski definition) is 4. The van der Waals surface area contributed by atoms with E-state index in [1.807, 2.05) is 4.90 Å². The summed E-state index contributed by atoms with van der Waals surface area (Å²) >= 11 is 6.11. The molecule has 2 aromatic rings. The molecule has 1 aromatic carbocycles. The molecule has 2 amide bonds. The molecule has 7 heteroatoms. The molecule has 6 nitrogen and oxygen atoms in total. The van der Waals surface area contributed by atoms with Gasteiger partial charge < -0.3 is 14.7 Å². The van der Waals surface area contributed by atoms with Crippen molar-refractivity contribution in [2.24, 2.45) is 5.92 Å². The zero-order valence-electron chi connectivity index (χ0n) is 16.4. The predicted molar refractivity (Wildman–Crippen MR) is 111 cm³/mol. The van der Waals surface area contributed by atoms with E-state index < -0.39 is 0 Å². The maximum Gasteiger partial charge on any atom is 0.277 e. The van der Waals surface area contributed by atoms with Crippen LogP contribution in [0.2, 0.25) is 5.02 Å². The van der Waals surface area contributed by atoms with Crippen molar-refractivity contribution >= 4 is 29.1 Å². The standard InChI is InChI=1S/C22H26ClN3O3/c23-16-10-4-5-11-17(16)24-21(27)18-14-20(29-25-18)19-12-6-7-13-26(19)22(28)15-8-2-1-3-9-15/h4-5,10-11,14-15,19H,1-3,6-9,12-13H2,(H,24,27). The van der Waals surface area contributed by atoms with Gasteiger partial charge in [-0.15, -0.1) is 0 Å². The molecule has 2 heterocycles. The molecule has 1 saturated carbocycles. The summed E-state index contributed by atoms with van der Waals surface area (Å²) in [6.07, 6.45) is 8.30. The highest BCUT2D eigenvalue weighted by atomic mass is 35.5. The van der Waals surface area contributed by atoms with Gasteiger partial charge in [-0.3, -0.25) is 9.59 Å². The Labute approximate surface area is 175 Å². The molecule has 1 aliphatic heterocycles. The van der Waals surface area contributed by atoms with Gasteiger partial charge in [0.1, 0.15) is 0 Å². The van der Waals surface area contributed by atoms with Gasteiger partial charge in [-0.25, -0.2) is 0 Å². The maximum absolute atomic E-state index is 13.1. The molecular formula is C22H26ClN3O3. The third-order valence-corrected chi connectivity index (χ3v) is 6.28. The first-order valence-electron chi connectivity index (χ1n) is 10.5. The Kier molecular flexibility index (Phi) is 6.19. The van der Waals surface area contributed by atoms with Crippen LogP contribution in [-0.2, 0) is 4.79 Å². The lowest BCUT2D eigenvalue weighted by atomic mass is 9.87. The molecular weight excluding hydrogens is 390 g/mol. The number of hydrogen-bond donors (Lipinski definition) is 1. The van der Waals surface area contributed by atoms with E-state index in [4.69, 9.17) is 16.1 Å². The number of aromatic nitrogens is 1. The van der Waals surface area contributed by atoms with Crippen LogP contribution in [0, 0.1) is 5.92 Å². The minimum atomic E-state index is -0.380. The van der Waals surface area contributed by atoms with E-state index in [0.717, 1.165) is 51.5 Å². The van der Waals surface area contributed by atoms with Crippen molar-refractivity contribution in [3.8, 4) is 0 Å². The fourth-order valence-electron chi connectivity index (χ4n) is 4.38. The molecule has 154 valence electrons. The third kappa shape index (κ3) is 4.47. The number of nitrogens with one attached hydrogen (secondary N) is 1. The summed E-state index contributed by atoms with van der Waals surface area (Å²) in [5, 5.41) is 7.17. The lowest BCUT2D eigenvalue weighted by molar-refractivity contribution is -0.141. The number of benzene rings is 1. The fraction of sp³-hybridized carbons (Fsp3) is 0.500. The molecule has 1 unspecified atom stereocenters. The van der Waals surface area contributed by atoms with Gasteiger partial charge in [-0.1, -0.05) is 48.2 Å². The highest BCUT2D eigenvalue weighted by Gasteiger charge is 2.35. The van der Waals surface area contributed by atoms with Gasteiger partial charge in [0.05, 0.1) is 16.8 Å². The minimum absolute atomic E-state index is 0.121. The Hall–Kier alpha value is -2.34. The Morgan fingerprint density at radius 3 is 2.62 bits per heavy atom. The first-order valence-corrected chi connectivity index (χ1v) is 10.8. The van der Waals surface area contributed by atoms with Crippen LogP contribution in [0.3, 0.4) is 0 Å². The van der Waals surface area contributed by atoms with Crippen molar-refractivity contribution in [2.45, 2.75) is 57.4 Å². The Morgan fingerprint density at radius 2 is 1.83 bits per heavy atom. The molecule has 1 saturated heterocycles. The SMILES string of the molecule is O=C(Nc1ccccc1Cl)c1cc(C2CCCCN2C(=O)C2CCCCC2)on1. The van der Waals surface area contributed by atoms with Crippen molar-refractivity contribution in [1.29, 1.82) is 0 Å². The van der Waals surface area contributed by atoms with Crippen molar-refractivity contribution in [2.75, 3.05) is 11.9 Å². The van der Waals surface area contributed by atoms with Crippen molar-refractivity contribution in [3.63, 3.8) is 0 Å². The number of para-hydroxylation sites is 1. The first-order chi connectivity index (χ1) is 14.1. The summed E-state index contributed by atoms with van der Waals surface area (Å²) in [6, 6.07) is 8.55. The number of amides is 2. The molecule has 0 bridgehead atoms. The van der Waals surface area contributed by atoms with E-state index in [2.05, 4.69) is 10.5 Å². The van der Waals surface area contributed by atoms with E-state index in [1.165, 1.54) is 6.42 Å². The Morgan fingerprint density at radius 1 is 1.07 bits per heavy atom. The molecule has 0 radical (unpaired) electrons. The van der Waals surface area contributed by atoms with E-state index in [0.29, 0.717) is 16.5 Å². The normalized spacial score (nSPS) is 20.4. The summed E-state index contributed by atoms with van der Waals surface area (Å²) in [5.41, 5.74) is 0.714. The monoisotopic (exact) mass is 415 g/mol. The average molecular weight is 416 g/mol. The highest BCUT2D eigenvalue weighted by Crippen LogP contribution is 2.35. The Bertz CT molecular complexity index is 876. The summed E-state index contributed by atoms with van der Waals surface area (Å²) < 4.78 is 5.52. The number of rotatable bonds is 4.